The molecule has 9 heteroatoms. The Morgan fingerprint density at radius 1 is 1.19 bits per heavy atom. The van der Waals surface area contributed by atoms with E-state index in [1.165, 1.54) is 7.11 Å². The third-order valence-electron chi connectivity index (χ3n) is 5.44. The van der Waals surface area contributed by atoms with Gasteiger partial charge in [-0.1, -0.05) is 0 Å². The highest BCUT2D eigenvalue weighted by atomic mass is 16.5. The minimum Gasteiger partial charge on any atom is -0.497 e. The lowest BCUT2D eigenvalue weighted by molar-refractivity contribution is 0.0591. The Bertz CT molecular complexity index is 1150. The number of ether oxygens (including phenoxy) is 2. The van der Waals surface area contributed by atoms with E-state index in [0.29, 0.717) is 33.7 Å². The molecule has 2 aromatic heterocycles. The molecule has 0 aliphatic rings. The number of aryl methyl sites for hydroxylation is 1. The smallest absolute Gasteiger partial charge is 0.356 e. The largest absolute Gasteiger partial charge is 0.497 e. The van der Waals surface area contributed by atoms with E-state index in [-0.39, 0.29) is 11.7 Å². The van der Waals surface area contributed by atoms with Crippen LogP contribution in [0.5, 0.6) is 5.75 Å². The number of benzene rings is 1. The number of fused-ring (bicyclic) bond motifs is 1. The molecule has 0 spiro atoms. The van der Waals surface area contributed by atoms with Crippen molar-refractivity contribution in [2.45, 2.75) is 32.4 Å². The van der Waals surface area contributed by atoms with Crippen molar-refractivity contribution in [1.29, 1.82) is 0 Å². The van der Waals surface area contributed by atoms with Crippen LogP contribution in [-0.2, 0) is 11.8 Å². The van der Waals surface area contributed by atoms with Crippen LogP contribution >= 0.6 is 0 Å². The number of anilines is 2. The molecule has 3 rings (SSSR count). The normalized spacial score (nSPS) is 12.3. The molecule has 1 aromatic carbocycles. The predicted molar refractivity (Wildman–Crippen MR) is 122 cm³/mol. The van der Waals surface area contributed by atoms with Gasteiger partial charge in [-0.15, -0.1) is 0 Å². The lowest BCUT2D eigenvalue weighted by Gasteiger charge is -2.27. The number of carbonyl (C=O) groups is 2. The van der Waals surface area contributed by atoms with Crippen molar-refractivity contribution in [2.75, 3.05) is 24.9 Å². The van der Waals surface area contributed by atoms with E-state index in [4.69, 9.17) is 9.47 Å². The zero-order chi connectivity index (χ0) is 23.6. The van der Waals surface area contributed by atoms with Crippen LogP contribution in [0.4, 0.5) is 11.4 Å². The van der Waals surface area contributed by atoms with Crippen LogP contribution in [0.2, 0.25) is 0 Å². The number of carbonyl (C=O) groups excluding carboxylic acids is 2. The number of nitrogens with zero attached hydrogens (tertiary/aromatic N) is 2. The topological polar surface area (TPSA) is 115 Å². The summed E-state index contributed by atoms with van der Waals surface area (Å²) in [7, 11) is 4.50. The van der Waals surface area contributed by atoms with Crippen molar-refractivity contribution in [2.24, 2.45) is 7.05 Å². The van der Waals surface area contributed by atoms with Crippen LogP contribution in [0.25, 0.3) is 11.0 Å². The molecule has 32 heavy (non-hydrogen) atoms. The van der Waals surface area contributed by atoms with Gasteiger partial charge in [-0.2, -0.15) is 0 Å². The average molecular weight is 441 g/mol. The summed E-state index contributed by atoms with van der Waals surface area (Å²) in [6, 6.07) is 8.13. The first kappa shape index (κ1) is 23.1. The third kappa shape index (κ3) is 4.52. The van der Waals surface area contributed by atoms with Crippen LogP contribution in [0.3, 0.4) is 0 Å². The zero-order valence-electron chi connectivity index (χ0n) is 19.0. The first-order valence-corrected chi connectivity index (χ1v) is 10.1. The van der Waals surface area contributed by atoms with Gasteiger partial charge in [0.05, 0.1) is 43.4 Å². The summed E-state index contributed by atoms with van der Waals surface area (Å²) in [6.45, 7) is 5.26. The van der Waals surface area contributed by atoms with Crippen LogP contribution in [0.15, 0.2) is 36.5 Å². The van der Waals surface area contributed by atoms with Gasteiger partial charge in [0, 0.05) is 18.0 Å². The van der Waals surface area contributed by atoms with Crippen LogP contribution < -0.4 is 15.4 Å². The molecule has 2 heterocycles. The Balaban J connectivity index is 2.07. The molecule has 1 atom stereocenters. The number of esters is 1. The van der Waals surface area contributed by atoms with Crippen molar-refractivity contribution in [3.05, 3.63) is 47.8 Å². The summed E-state index contributed by atoms with van der Waals surface area (Å²) in [5, 5.41) is 16.8. The van der Waals surface area contributed by atoms with Crippen molar-refractivity contribution in [1.82, 2.24) is 9.55 Å². The van der Waals surface area contributed by atoms with Gasteiger partial charge >= 0.3 is 5.97 Å². The summed E-state index contributed by atoms with van der Waals surface area (Å²) in [5.41, 5.74) is 1.03. The molecule has 0 saturated carbocycles. The van der Waals surface area contributed by atoms with Crippen LogP contribution in [0, 0.1) is 0 Å². The minimum absolute atomic E-state index is 0.171. The number of methoxy groups -OCH3 is 2. The average Bonchev–Trinajstić information content (AvgIpc) is 3.03. The van der Waals surface area contributed by atoms with Gasteiger partial charge in [-0.3, -0.25) is 4.79 Å². The Morgan fingerprint density at radius 3 is 2.41 bits per heavy atom. The van der Waals surface area contributed by atoms with Gasteiger partial charge in [0.15, 0.2) is 5.69 Å². The number of amides is 1. The maximum Gasteiger partial charge on any atom is 0.356 e. The second-order valence-corrected chi connectivity index (χ2v) is 8.07. The molecule has 0 aliphatic heterocycles. The fourth-order valence-electron chi connectivity index (χ4n) is 3.21. The lowest BCUT2D eigenvalue weighted by atomic mass is 10.0. The molecule has 0 fully saturated rings. The highest BCUT2D eigenvalue weighted by molar-refractivity contribution is 6.14. The summed E-state index contributed by atoms with van der Waals surface area (Å²) < 4.78 is 11.7. The number of pyridine rings is 1. The fraction of sp³-hybridized carbons (Fsp3) is 0.348. The van der Waals surface area contributed by atoms with Crippen molar-refractivity contribution >= 4 is 34.3 Å². The Labute approximate surface area is 186 Å². The van der Waals surface area contributed by atoms with E-state index >= 15 is 0 Å². The molecule has 9 nitrogen and oxygen atoms in total. The molecule has 0 saturated heterocycles. The fourth-order valence-corrected chi connectivity index (χ4v) is 3.21. The number of aliphatic hydroxyl groups is 1. The standard InChI is InChI=1S/C23H28N4O5/c1-13(23(2,3)30)25-15-11-17-18(19(22(29)32-6)27(4)20(17)24-12-15)26-21(28)14-7-9-16(31-5)10-8-14/h7-13,25,30H,1-6H3,(H,26,28). The van der Waals surface area contributed by atoms with Crippen molar-refractivity contribution in [3.8, 4) is 5.75 Å². The van der Waals surface area contributed by atoms with Crippen LogP contribution in [-0.4, -0.2) is 52.4 Å². The molecule has 0 aliphatic carbocycles. The number of hydrogen-bond donors (Lipinski definition) is 3. The van der Waals surface area contributed by atoms with E-state index in [1.54, 1.807) is 69.1 Å². The molecule has 170 valence electrons. The quantitative estimate of drug-likeness (QED) is 0.483. The first-order chi connectivity index (χ1) is 15.1. The molecular formula is C23H28N4O5. The third-order valence-corrected chi connectivity index (χ3v) is 5.44. The second-order valence-electron chi connectivity index (χ2n) is 8.07. The van der Waals surface area contributed by atoms with Gasteiger partial charge in [0.2, 0.25) is 0 Å². The van der Waals surface area contributed by atoms with Crippen molar-refractivity contribution < 1.29 is 24.2 Å². The van der Waals surface area contributed by atoms with Gasteiger partial charge in [-0.05, 0) is 51.1 Å². The van der Waals surface area contributed by atoms with E-state index in [9.17, 15) is 14.7 Å². The summed E-state index contributed by atoms with van der Waals surface area (Å²) in [5.74, 6) is -0.369. The molecule has 1 amide bonds. The monoisotopic (exact) mass is 440 g/mol. The Morgan fingerprint density at radius 2 is 1.84 bits per heavy atom. The number of hydrogen-bond acceptors (Lipinski definition) is 7. The number of rotatable bonds is 7. The van der Waals surface area contributed by atoms with Gasteiger partial charge < -0.3 is 29.8 Å². The predicted octanol–water partition coefficient (Wildman–Crippen LogP) is 3.19. The molecule has 3 N–H and O–H groups in total. The first-order valence-electron chi connectivity index (χ1n) is 10.1. The molecule has 1 unspecified atom stereocenters. The number of nitrogens with one attached hydrogen (secondary N) is 2. The SMILES string of the molecule is COC(=O)c1c(NC(=O)c2ccc(OC)cc2)c2cc(NC(C)C(C)(C)O)cnc2n1C. The zero-order valence-corrected chi connectivity index (χ0v) is 19.0. The Hall–Kier alpha value is -3.59. The van der Waals surface area contributed by atoms with Gasteiger partial charge in [-0.25, -0.2) is 9.78 Å². The summed E-state index contributed by atoms with van der Waals surface area (Å²) >= 11 is 0. The van der Waals surface area contributed by atoms with E-state index < -0.39 is 17.5 Å². The number of aromatic nitrogens is 2. The summed E-state index contributed by atoms with van der Waals surface area (Å²) in [4.78, 5) is 29.9. The van der Waals surface area contributed by atoms with E-state index in [2.05, 4.69) is 15.6 Å². The highest BCUT2D eigenvalue weighted by Crippen LogP contribution is 2.32. The van der Waals surface area contributed by atoms with Crippen LogP contribution in [0.1, 0.15) is 41.6 Å². The minimum atomic E-state index is -0.964. The highest BCUT2D eigenvalue weighted by Gasteiger charge is 2.26. The molecule has 0 bridgehead atoms. The maximum absolute atomic E-state index is 12.9. The van der Waals surface area contributed by atoms with Gasteiger partial charge in [0.1, 0.15) is 11.4 Å². The Kier molecular flexibility index (Phi) is 6.40. The van der Waals surface area contributed by atoms with E-state index in [1.807, 2.05) is 6.92 Å². The summed E-state index contributed by atoms with van der Waals surface area (Å²) in [6.07, 6.45) is 1.61. The molecule has 3 aromatic rings. The second kappa shape index (κ2) is 8.88. The van der Waals surface area contributed by atoms with Crippen molar-refractivity contribution in [3.63, 3.8) is 0 Å². The molecular weight excluding hydrogens is 412 g/mol. The lowest BCUT2D eigenvalue weighted by Crippen LogP contribution is -2.39. The van der Waals surface area contributed by atoms with Gasteiger partial charge in [0.25, 0.3) is 5.91 Å². The maximum atomic E-state index is 12.9. The van der Waals surface area contributed by atoms with E-state index in [0.717, 1.165) is 0 Å². The molecule has 0 radical (unpaired) electrons.